The van der Waals surface area contributed by atoms with Gasteiger partial charge in [0, 0.05) is 5.56 Å². The number of nitrogens with one attached hydrogen (secondary N) is 3. The lowest BCUT2D eigenvalue weighted by molar-refractivity contribution is -0.126. The summed E-state index contributed by atoms with van der Waals surface area (Å²) in [5, 5.41) is 11.9. The number of hydrogen-bond donors (Lipinski definition) is 3. The van der Waals surface area contributed by atoms with Gasteiger partial charge in [-0.15, -0.1) is 0 Å². The number of benzene rings is 2. The average molecular weight is 437 g/mol. The van der Waals surface area contributed by atoms with Gasteiger partial charge in [-0.3, -0.25) is 14.7 Å². The highest BCUT2D eigenvalue weighted by Gasteiger charge is 2.14. The maximum atomic E-state index is 12.3. The summed E-state index contributed by atoms with van der Waals surface area (Å²) in [6, 6.07) is 11.9. The van der Waals surface area contributed by atoms with E-state index in [1.165, 1.54) is 7.11 Å². The number of anilines is 1. The second kappa shape index (κ2) is 10.2. The molecule has 2 aromatic carbocycles. The summed E-state index contributed by atoms with van der Waals surface area (Å²) in [5.41, 5.74) is 2.33. The number of H-pyrrole nitrogens is 1. The number of ether oxygens (including phenoxy) is 2. The van der Waals surface area contributed by atoms with Crippen molar-refractivity contribution in [1.82, 2.24) is 20.5 Å². The van der Waals surface area contributed by atoms with Crippen LogP contribution in [0, 0.1) is 13.8 Å². The quantitative estimate of drug-likeness (QED) is 0.459. The first-order valence-electron chi connectivity index (χ1n) is 9.73. The van der Waals surface area contributed by atoms with Gasteiger partial charge in [-0.2, -0.15) is 5.10 Å². The molecule has 1 heterocycles. The number of esters is 1. The zero-order valence-electron chi connectivity index (χ0n) is 17.9. The number of aromatic amines is 1. The first-order valence-corrected chi connectivity index (χ1v) is 9.73. The van der Waals surface area contributed by atoms with Crippen LogP contribution in [0.1, 0.15) is 21.7 Å². The maximum absolute atomic E-state index is 12.3. The van der Waals surface area contributed by atoms with Crippen molar-refractivity contribution < 1.29 is 23.9 Å². The van der Waals surface area contributed by atoms with Gasteiger partial charge in [0.2, 0.25) is 5.91 Å². The molecule has 1 aromatic heterocycles. The third kappa shape index (κ3) is 5.91. The van der Waals surface area contributed by atoms with Crippen LogP contribution in [-0.2, 0) is 14.3 Å². The molecule has 0 spiro atoms. The molecule has 0 aliphatic carbocycles. The predicted octanol–water partition coefficient (Wildman–Crippen LogP) is 2.01. The number of aryl methyl sites for hydroxylation is 2. The largest absolute Gasteiger partial charge is 0.495 e. The van der Waals surface area contributed by atoms with Gasteiger partial charge in [-0.05, 0) is 43.7 Å². The van der Waals surface area contributed by atoms with E-state index in [0.717, 1.165) is 5.56 Å². The van der Waals surface area contributed by atoms with Gasteiger partial charge in [0.25, 0.3) is 5.91 Å². The average Bonchev–Trinajstić information content (AvgIpc) is 3.22. The molecule has 10 heteroatoms. The first-order chi connectivity index (χ1) is 15.4. The molecule has 0 fully saturated rings. The fourth-order valence-electron chi connectivity index (χ4n) is 2.82. The van der Waals surface area contributed by atoms with Crippen molar-refractivity contribution >= 4 is 23.5 Å². The zero-order valence-corrected chi connectivity index (χ0v) is 17.9. The molecule has 0 saturated carbocycles. The molecule has 0 aliphatic rings. The fraction of sp³-hybridized carbons (Fsp3) is 0.227. The van der Waals surface area contributed by atoms with Crippen LogP contribution < -0.4 is 15.4 Å². The number of carbonyl (C=O) groups excluding carboxylic acids is 3. The van der Waals surface area contributed by atoms with E-state index in [1.807, 2.05) is 13.0 Å². The van der Waals surface area contributed by atoms with E-state index in [4.69, 9.17) is 9.47 Å². The summed E-state index contributed by atoms with van der Waals surface area (Å²) in [4.78, 5) is 40.6. The van der Waals surface area contributed by atoms with Crippen LogP contribution >= 0.6 is 0 Å². The smallest absolute Gasteiger partial charge is 0.338 e. The van der Waals surface area contributed by atoms with Crippen LogP contribution in [0.25, 0.3) is 11.4 Å². The Kier molecular flexibility index (Phi) is 7.17. The minimum Gasteiger partial charge on any atom is -0.495 e. The minimum absolute atomic E-state index is 0.252. The first kappa shape index (κ1) is 22.5. The molecule has 0 atom stereocenters. The van der Waals surface area contributed by atoms with Crippen LogP contribution in [0.15, 0.2) is 42.5 Å². The van der Waals surface area contributed by atoms with Crippen LogP contribution in [-0.4, -0.2) is 53.2 Å². The van der Waals surface area contributed by atoms with Crippen LogP contribution in [0.3, 0.4) is 0 Å². The monoisotopic (exact) mass is 437 g/mol. The van der Waals surface area contributed by atoms with Crippen molar-refractivity contribution in [3.8, 4) is 17.1 Å². The second-order valence-corrected chi connectivity index (χ2v) is 6.93. The molecule has 0 aliphatic heterocycles. The van der Waals surface area contributed by atoms with Crippen molar-refractivity contribution in [2.75, 3.05) is 25.6 Å². The van der Waals surface area contributed by atoms with Crippen molar-refractivity contribution in [3.63, 3.8) is 0 Å². The highest BCUT2D eigenvalue weighted by atomic mass is 16.5. The third-order valence-corrected chi connectivity index (χ3v) is 4.36. The summed E-state index contributed by atoms with van der Waals surface area (Å²) in [5.74, 6) is -0.121. The molecule has 2 amide bonds. The second-order valence-electron chi connectivity index (χ2n) is 6.93. The minimum atomic E-state index is -0.678. The third-order valence-electron chi connectivity index (χ3n) is 4.36. The molecule has 10 nitrogen and oxygen atoms in total. The molecule has 166 valence electrons. The molecule has 3 aromatic rings. The fourth-order valence-corrected chi connectivity index (χ4v) is 2.82. The summed E-state index contributed by atoms with van der Waals surface area (Å²) in [6.45, 7) is 2.84. The topological polar surface area (TPSA) is 135 Å². The molecule has 0 saturated heterocycles. The molecule has 0 unspecified atom stereocenters. The molecule has 0 bridgehead atoms. The van der Waals surface area contributed by atoms with E-state index in [0.29, 0.717) is 28.6 Å². The Balaban J connectivity index is 1.48. The molecule has 3 N–H and O–H groups in total. The van der Waals surface area contributed by atoms with E-state index in [1.54, 1.807) is 43.3 Å². The maximum Gasteiger partial charge on any atom is 0.338 e. The van der Waals surface area contributed by atoms with Gasteiger partial charge in [-0.25, -0.2) is 9.78 Å². The van der Waals surface area contributed by atoms with Gasteiger partial charge in [0.05, 0.1) is 24.9 Å². The number of methoxy groups -OCH3 is 1. The van der Waals surface area contributed by atoms with Crippen molar-refractivity contribution in [3.05, 3.63) is 59.4 Å². The molecule has 0 radical (unpaired) electrons. The van der Waals surface area contributed by atoms with Crippen molar-refractivity contribution in [2.45, 2.75) is 13.8 Å². The predicted molar refractivity (Wildman–Crippen MR) is 116 cm³/mol. The Morgan fingerprint density at radius 2 is 1.88 bits per heavy atom. The van der Waals surface area contributed by atoms with Crippen LogP contribution in [0.5, 0.6) is 5.75 Å². The number of rotatable bonds is 8. The molecule has 32 heavy (non-hydrogen) atoms. The number of aromatic nitrogens is 3. The standard InChI is InChI=1S/C22H23N5O5/c1-13-7-8-18(31-3)17(9-13)25-19(28)11-23-20(29)12-32-22(30)16-6-4-5-15(10-16)21-24-14(2)26-27-21/h4-10H,11-12H2,1-3H3,(H,23,29)(H,25,28)(H,24,26,27). The van der Waals surface area contributed by atoms with E-state index in [-0.39, 0.29) is 12.1 Å². The Bertz CT molecular complexity index is 1140. The highest BCUT2D eigenvalue weighted by Crippen LogP contribution is 2.25. The van der Waals surface area contributed by atoms with Gasteiger partial charge >= 0.3 is 5.97 Å². The van der Waals surface area contributed by atoms with E-state index < -0.39 is 24.4 Å². The van der Waals surface area contributed by atoms with Gasteiger partial charge in [-0.1, -0.05) is 18.2 Å². The number of nitrogens with zero attached hydrogens (tertiary/aromatic N) is 2. The van der Waals surface area contributed by atoms with Crippen molar-refractivity contribution in [1.29, 1.82) is 0 Å². The van der Waals surface area contributed by atoms with Crippen molar-refractivity contribution in [2.24, 2.45) is 0 Å². The summed E-state index contributed by atoms with van der Waals surface area (Å²) >= 11 is 0. The van der Waals surface area contributed by atoms with Crippen LogP contribution in [0.4, 0.5) is 5.69 Å². The number of amides is 2. The van der Waals surface area contributed by atoms with E-state index in [2.05, 4.69) is 25.8 Å². The number of hydrogen-bond acceptors (Lipinski definition) is 7. The molecular weight excluding hydrogens is 414 g/mol. The lowest BCUT2D eigenvalue weighted by Gasteiger charge is -2.11. The SMILES string of the molecule is COc1ccc(C)cc1NC(=O)CNC(=O)COC(=O)c1cccc(-c2n[nH]c(C)n2)c1. The normalized spacial score (nSPS) is 10.3. The van der Waals surface area contributed by atoms with Crippen LogP contribution in [0.2, 0.25) is 0 Å². The highest BCUT2D eigenvalue weighted by molar-refractivity contribution is 5.96. The lowest BCUT2D eigenvalue weighted by atomic mass is 10.1. The lowest BCUT2D eigenvalue weighted by Crippen LogP contribution is -2.35. The summed E-state index contributed by atoms with van der Waals surface area (Å²) < 4.78 is 10.2. The summed E-state index contributed by atoms with van der Waals surface area (Å²) in [7, 11) is 1.50. The Hall–Kier alpha value is -4.21. The van der Waals surface area contributed by atoms with Gasteiger partial charge < -0.3 is 20.1 Å². The zero-order chi connectivity index (χ0) is 23.1. The Labute approximate surface area is 184 Å². The summed E-state index contributed by atoms with van der Waals surface area (Å²) in [6.07, 6.45) is 0. The number of carbonyl (C=O) groups is 3. The van der Waals surface area contributed by atoms with E-state index in [9.17, 15) is 14.4 Å². The molecule has 3 rings (SSSR count). The molecular formula is C22H23N5O5. The Morgan fingerprint density at radius 3 is 2.59 bits per heavy atom. The van der Waals surface area contributed by atoms with Gasteiger partial charge in [0.1, 0.15) is 11.6 Å². The van der Waals surface area contributed by atoms with E-state index >= 15 is 0 Å². The Morgan fingerprint density at radius 1 is 1.06 bits per heavy atom. The van der Waals surface area contributed by atoms with Gasteiger partial charge in [0.15, 0.2) is 12.4 Å².